The summed E-state index contributed by atoms with van der Waals surface area (Å²) >= 11 is 0. The standard InChI is InChI=1S/C16H17N3/c17-13-4-3-5-14(10-13)18-9-8-12-11-19-16-7-2-1-6-15(12)16/h1-7,10-11,18-19H,8-9,17H2. The number of benzene rings is 2. The van der Waals surface area contributed by atoms with E-state index in [-0.39, 0.29) is 0 Å². The van der Waals surface area contributed by atoms with Gasteiger partial charge in [0.15, 0.2) is 0 Å². The van der Waals surface area contributed by atoms with Crippen molar-refractivity contribution in [2.75, 3.05) is 17.6 Å². The number of para-hydroxylation sites is 1. The molecule has 0 saturated heterocycles. The van der Waals surface area contributed by atoms with Crippen LogP contribution in [0, 0.1) is 0 Å². The average molecular weight is 251 g/mol. The number of rotatable bonds is 4. The summed E-state index contributed by atoms with van der Waals surface area (Å²) in [4.78, 5) is 3.30. The lowest BCUT2D eigenvalue weighted by Gasteiger charge is -2.06. The van der Waals surface area contributed by atoms with Gasteiger partial charge in [-0.05, 0) is 36.2 Å². The van der Waals surface area contributed by atoms with Gasteiger partial charge in [-0.3, -0.25) is 0 Å². The summed E-state index contributed by atoms with van der Waals surface area (Å²) < 4.78 is 0. The van der Waals surface area contributed by atoms with Crippen LogP contribution < -0.4 is 11.1 Å². The third kappa shape index (κ3) is 2.55. The van der Waals surface area contributed by atoms with E-state index in [2.05, 4.69) is 34.7 Å². The topological polar surface area (TPSA) is 53.8 Å². The summed E-state index contributed by atoms with van der Waals surface area (Å²) in [7, 11) is 0. The van der Waals surface area contributed by atoms with Crippen molar-refractivity contribution in [3.8, 4) is 0 Å². The van der Waals surface area contributed by atoms with E-state index < -0.39 is 0 Å². The zero-order chi connectivity index (χ0) is 13.1. The SMILES string of the molecule is Nc1cccc(NCCc2c[nH]c3ccccc23)c1. The largest absolute Gasteiger partial charge is 0.399 e. The summed E-state index contributed by atoms with van der Waals surface area (Å²) in [6.45, 7) is 0.894. The van der Waals surface area contributed by atoms with Crippen LogP contribution in [-0.2, 0) is 6.42 Å². The van der Waals surface area contributed by atoms with Crippen molar-refractivity contribution in [3.63, 3.8) is 0 Å². The monoisotopic (exact) mass is 251 g/mol. The number of anilines is 2. The minimum absolute atomic E-state index is 0.789. The Morgan fingerprint density at radius 1 is 1.05 bits per heavy atom. The van der Waals surface area contributed by atoms with Crippen LogP contribution in [0.1, 0.15) is 5.56 Å². The smallest absolute Gasteiger partial charge is 0.0456 e. The maximum absolute atomic E-state index is 5.75. The van der Waals surface area contributed by atoms with Gasteiger partial charge in [0.25, 0.3) is 0 Å². The molecule has 0 radical (unpaired) electrons. The number of hydrogen-bond acceptors (Lipinski definition) is 2. The predicted octanol–water partition coefficient (Wildman–Crippen LogP) is 3.40. The molecule has 4 N–H and O–H groups in total. The Bertz CT molecular complexity index is 685. The lowest BCUT2D eigenvalue weighted by Crippen LogP contribution is -2.04. The Morgan fingerprint density at radius 3 is 2.84 bits per heavy atom. The molecule has 0 bridgehead atoms. The molecule has 3 rings (SSSR count). The van der Waals surface area contributed by atoms with Gasteiger partial charge in [0.2, 0.25) is 0 Å². The van der Waals surface area contributed by atoms with E-state index in [1.54, 1.807) is 0 Å². The highest BCUT2D eigenvalue weighted by Gasteiger charge is 2.02. The molecule has 19 heavy (non-hydrogen) atoms. The van der Waals surface area contributed by atoms with Gasteiger partial charge in [-0.1, -0.05) is 24.3 Å². The molecule has 0 aliphatic rings. The van der Waals surface area contributed by atoms with Crippen molar-refractivity contribution >= 4 is 22.3 Å². The second-order valence-corrected chi connectivity index (χ2v) is 4.66. The average Bonchev–Trinajstić information content (AvgIpc) is 2.83. The normalized spacial score (nSPS) is 10.7. The molecule has 3 nitrogen and oxygen atoms in total. The Hall–Kier alpha value is -2.42. The number of aromatic nitrogens is 1. The molecule has 0 aliphatic carbocycles. The number of nitrogens with two attached hydrogens (primary N) is 1. The van der Waals surface area contributed by atoms with Crippen LogP contribution in [-0.4, -0.2) is 11.5 Å². The number of H-pyrrole nitrogens is 1. The number of hydrogen-bond donors (Lipinski definition) is 3. The van der Waals surface area contributed by atoms with E-state index in [0.29, 0.717) is 0 Å². The van der Waals surface area contributed by atoms with Crippen LogP contribution in [0.25, 0.3) is 10.9 Å². The maximum Gasteiger partial charge on any atom is 0.0456 e. The van der Waals surface area contributed by atoms with E-state index in [1.807, 2.05) is 30.3 Å². The van der Waals surface area contributed by atoms with Crippen molar-refractivity contribution < 1.29 is 0 Å². The van der Waals surface area contributed by atoms with E-state index in [0.717, 1.165) is 24.3 Å². The first kappa shape index (κ1) is 11.7. The molecule has 0 unspecified atom stereocenters. The van der Waals surface area contributed by atoms with E-state index in [1.165, 1.54) is 16.5 Å². The third-order valence-electron chi connectivity index (χ3n) is 3.29. The van der Waals surface area contributed by atoms with E-state index in [4.69, 9.17) is 5.73 Å². The van der Waals surface area contributed by atoms with Gasteiger partial charge in [-0.15, -0.1) is 0 Å². The Balaban J connectivity index is 1.66. The predicted molar refractivity (Wildman–Crippen MR) is 81.3 cm³/mol. The molecule has 1 aromatic heterocycles. The van der Waals surface area contributed by atoms with Gasteiger partial charge in [0.1, 0.15) is 0 Å². The van der Waals surface area contributed by atoms with Gasteiger partial charge >= 0.3 is 0 Å². The summed E-state index contributed by atoms with van der Waals surface area (Å²) in [5.74, 6) is 0. The van der Waals surface area contributed by atoms with Gasteiger partial charge in [-0.2, -0.15) is 0 Å². The molecular weight excluding hydrogens is 234 g/mol. The summed E-state index contributed by atoms with van der Waals surface area (Å²) in [5, 5.41) is 4.70. The minimum Gasteiger partial charge on any atom is -0.399 e. The second-order valence-electron chi connectivity index (χ2n) is 4.66. The molecule has 0 fully saturated rings. The van der Waals surface area contributed by atoms with E-state index in [9.17, 15) is 0 Å². The second kappa shape index (κ2) is 5.06. The third-order valence-corrected chi connectivity index (χ3v) is 3.29. The highest BCUT2D eigenvalue weighted by atomic mass is 14.9. The molecule has 0 spiro atoms. The zero-order valence-corrected chi connectivity index (χ0v) is 10.7. The minimum atomic E-state index is 0.789. The Kier molecular flexibility index (Phi) is 3.11. The highest BCUT2D eigenvalue weighted by Crippen LogP contribution is 2.18. The molecule has 0 aliphatic heterocycles. The van der Waals surface area contributed by atoms with Crippen molar-refractivity contribution in [2.24, 2.45) is 0 Å². The molecule has 0 amide bonds. The number of fused-ring (bicyclic) bond motifs is 1. The van der Waals surface area contributed by atoms with Crippen LogP contribution in [0.2, 0.25) is 0 Å². The van der Waals surface area contributed by atoms with Crippen molar-refractivity contribution in [2.45, 2.75) is 6.42 Å². The lowest BCUT2D eigenvalue weighted by molar-refractivity contribution is 1.03. The van der Waals surface area contributed by atoms with Gasteiger partial charge in [-0.25, -0.2) is 0 Å². The molecular formula is C16H17N3. The summed E-state index contributed by atoms with van der Waals surface area (Å²) in [6.07, 6.45) is 3.07. The molecule has 2 aromatic carbocycles. The fourth-order valence-corrected chi connectivity index (χ4v) is 2.33. The molecule has 0 atom stereocenters. The quantitative estimate of drug-likeness (QED) is 0.622. The number of aromatic amines is 1. The zero-order valence-electron chi connectivity index (χ0n) is 10.7. The van der Waals surface area contributed by atoms with Crippen LogP contribution >= 0.6 is 0 Å². The fraction of sp³-hybridized carbons (Fsp3) is 0.125. The first-order valence-corrected chi connectivity index (χ1v) is 6.47. The van der Waals surface area contributed by atoms with Crippen LogP contribution in [0.4, 0.5) is 11.4 Å². The number of nitrogen functional groups attached to an aromatic ring is 1. The summed E-state index contributed by atoms with van der Waals surface area (Å²) in [5.41, 5.74) is 10.1. The highest BCUT2D eigenvalue weighted by molar-refractivity contribution is 5.83. The van der Waals surface area contributed by atoms with Gasteiger partial charge < -0.3 is 16.0 Å². The lowest BCUT2D eigenvalue weighted by atomic mass is 10.1. The summed E-state index contributed by atoms with van der Waals surface area (Å²) in [6, 6.07) is 16.2. The number of nitrogens with one attached hydrogen (secondary N) is 2. The van der Waals surface area contributed by atoms with Crippen LogP contribution in [0.3, 0.4) is 0 Å². The fourth-order valence-electron chi connectivity index (χ4n) is 2.33. The molecule has 3 heteroatoms. The first-order valence-electron chi connectivity index (χ1n) is 6.47. The Labute approximate surface area is 112 Å². The maximum atomic E-state index is 5.75. The molecule has 1 heterocycles. The molecule has 0 saturated carbocycles. The van der Waals surface area contributed by atoms with Crippen molar-refractivity contribution in [1.29, 1.82) is 0 Å². The van der Waals surface area contributed by atoms with Crippen molar-refractivity contribution in [3.05, 3.63) is 60.3 Å². The van der Waals surface area contributed by atoms with Gasteiger partial charge in [0, 0.05) is 35.0 Å². The van der Waals surface area contributed by atoms with Gasteiger partial charge in [0.05, 0.1) is 0 Å². The Morgan fingerprint density at radius 2 is 1.95 bits per heavy atom. The van der Waals surface area contributed by atoms with Crippen LogP contribution in [0.5, 0.6) is 0 Å². The first-order chi connectivity index (χ1) is 9.33. The van der Waals surface area contributed by atoms with E-state index >= 15 is 0 Å². The molecule has 3 aromatic rings. The van der Waals surface area contributed by atoms with Crippen molar-refractivity contribution in [1.82, 2.24) is 4.98 Å². The molecule has 96 valence electrons. The van der Waals surface area contributed by atoms with Crippen LogP contribution in [0.15, 0.2) is 54.7 Å².